The molecule has 6 N–H and O–H groups in total. The van der Waals surface area contributed by atoms with Gasteiger partial charge in [-0.1, -0.05) is 10.3 Å². The van der Waals surface area contributed by atoms with Crippen molar-refractivity contribution in [2.75, 3.05) is 11.5 Å². The van der Waals surface area contributed by atoms with E-state index in [1.807, 2.05) is 0 Å². The molecule has 0 aromatic carbocycles. The van der Waals surface area contributed by atoms with E-state index in [0.717, 1.165) is 16.4 Å². The zero-order valence-electron chi connectivity index (χ0n) is 20.1. The lowest BCUT2D eigenvalue weighted by atomic mass is 9.79. The molecule has 2 aliphatic heterocycles. The smallest absolute Gasteiger partial charge is 0.425 e. The molecule has 39 heavy (non-hydrogen) atoms. The van der Waals surface area contributed by atoms with Crippen LogP contribution in [0.15, 0.2) is 34.9 Å². The molecular weight excluding hydrogens is 556 g/mol. The van der Waals surface area contributed by atoms with Crippen LogP contribution in [-0.2, 0) is 20.9 Å². The Morgan fingerprint density at radius 3 is 2.59 bits per heavy atom. The lowest BCUT2D eigenvalue weighted by Crippen LogP contribution is -2.85. The van der Waals surface area contributed by atoms with Crippen LogP contribution in [0.5, 0.6) is 0 Å². The number of carboxylic acids is 2. The van der Waals surface area contributed by atoms with Gasteiger partial charge in [-0.15, -0.1) is 16.3 Å². The fraction of sp³-hybridized carbons (Fsp3) is 0.300. The number of fused-ring (bicyclic) bond motifs is 2. The van der Waals surface area contributed by atoms with Gasteiger partial charge in [0.05, 0.1) is 18.9 Å². The number of carboxylic acid groups (broad SMARTS) is 2. The van der Waals surface area contributed by atoms with Gasteiger partial charge >= 0.3 is 23.5 Å². The van der Waals surface area contributed by atoms with E-state index in [2.05, 4.69) is 29.9 Å². The lowest BCUT2D eigenvalue weighted by molar-refractivity contribution is -0.668. The van der Waals surface area contributed by atoms with Crippen molar-refractivity contribution < 1.29 is 39.2 Å². The summed E-state index contributed by atoms with van der Waals surface area (Å²) in [4.78, 5) is 57.8. The van der Waals surface area contributed by atoms with Gasteiger partial charge in [0.2, 0.25) is 11.5 Å². The van der Waals surface area contributed by atoms with E-state index in [9.17, 15) is 34.6 Å². The zero-order valence-corrected chi connectivity index (χ0v) is 21.7. The molecule has 2 amide bonds. The number of nitrogens with one attached hydrogen (secondary N) is 1. The summed E-state index contributed by atoms with van der Waals surface area (Å²) in [6.07, 6.45) is 3.08. The first kappa shape index (κ1) is 26.0. The number of hydrogen-bond donors (Lipinski definition) is 5. The van der Waals surface area contributed by atoms with Gasteiger partial charge in [0.1, 0.15) is 16.1 Å². The quantitative estimate of drug-likeness (QED) is 0.0712. The average Bonchev–Trinajstić information content (AvgIpc) is 3.52. The predicted molar refractivity (Wildman–Crippen MR) is 132 cm³/mol. The SMILES string of the molecule is C[C@]12SCC(C[n+]3cccn4nc(C(=O)O)nc43)=C(C(=O)O)N1C(=O)[C@@]2(C)NC(=O)/C(=N\O)c1nsc(N)n1. The highest BCUT2D eigenvalue weighted by Gasteiger charge is 2.70. The molecule has 0 saturated carbocycles. The first-order valence-corrected chi connectivity index (χ1v) is 12.7. The van der Waals surface area contributed by atoms with E-state index >= 15 is 0 Å². The minimum atomic E-state index is -1.59. The van der Waals surface area contributed by atoms with Crippen LogP contribution >= 0.6 is 23.3 Å². The number of aliphatic carboxylic acids is 1. The molecule has 0 bridgehead atoms. The summed E-state index contributed by atoms with van der Waals surface area (Å²) in [6, 6.07) is 1.58. The van der Waals surface area contributed by atoms with E-state index in [1.165, 1.54) is 34.0 Å². The van der Waals surface area contributed by atoms with Crippen molar-refractivity contribution in [3.05, 3.63) is 41.4 Å². The second-order valence-electron chi connectivity index (χ2n) is 8.76. The van der Waals surface area contributed by atoms with Crippen LogP contribution in [0.2, 0.25) is 0 Å². The van der Waals surface area contributed by atoms with Crippen molar-refractivity contribution in [3.63, 3.8) is 0 Å². The average molecular weight is 576 g/mol. The van der Waals surface area contributed by atoms with E-state index < -0.39 is 45.7 Å². The van der Waals surface area contributed by atoms with Crippen LogP contribution in [0, 0.1) is 0 Å². The summed E-state index contributed by atoms with van der Waals surface area (Å²) in [7, 11) is 0. The first-order valence-electron chi connectivity index (χ1n) is 11.0. The molecule has 17 nitrogen and oxygen atoms in total. The van der Waals surface area contributed by atoms with Crippen LogP contribution in [0.3, 0.4) is 0 Å². The standard InChI is InChI=1S/C20H18N10O7S2/c1-19(24-13(31)9(26-37)11-22-17(21)39-27-11)16(36)30-10(14(32)33)8(7-38-20(19,30)2)6-28-4-3-5-29-18(28)23-12(25-29)15(34)35/h3-5H,6-7H2,1-2H3,(H5-,21,22,24,27,31,32,33,34,35,37)/p+1/t19-,20-/m1/s1. The van der Waals surface area contributed by atoms with E-state index in [-0.39, 0.29) is 34.7 Å². The number of thioether (sulfide) groups is 1. The number of nitrogens with zero attached hydrogens (tertiary/aromatic N) is 8. The topological polar surface area (TPSA) is 242 Å². The number of aromatic carboxylic acids is 1. The normalized spacial score (nSPS) is 23.0. The molecule has 1 fully saturated rings. The molecule has 2 atom stereocenters. The molecule has 3 aromatic heterocycles. The largest absolute Gasteiger partial charge is 0.477 e. The Kier molecular flexibility index (Phi) is 5.98. The summed E-state index contributed by atoms with van der Waals surface area (Å²) in [6.45, 7) is 3.02. The molecule has 19 heteroatoms. The number of carbonyl (C=O) groups is 4. The molecule has 2 aliphatic rings. The fourth-order valence-corrected chi connectivity index (χ4v) is 6.28. The highest BCUT2D eigenvalue weighted by molar-refractivity contribution is 8.01. The number of aromatic nitrogens is 6. The first-order chi connectivity index (χ1) is 18.4. The minimum Gasteiger partial charge on any atom is -0.477 e. The second kappa shape index (κ2) is 8.98. The maximum absolute atomic E-state index is 13.5. The third kappa shape index (κ3) is 3.84. The highest BCUT2D eigenvalue weighted by Crippen LogP contribution is 2.54. The summed E-state index contributed by atoms with van der Waals surface area (Å²) < 4.78 is 6.60. The molecule has 0 spiro atoms. The molecular formula is C20H19N10O7S2+. The second-order valence-corrected chi connectivity index (χ2v) is 10.9. The van der Waals surface area contributed by atoms with Gasteiger partial charge < -0.3 is 26.5 Å². The van der Waals surface area contributed by atoms with Gasteiger partial charge in [0.25, 0.3) is 11.8 Å². The van der Waals surface area contributed by atoms with Crippen molar-refractivity contribution in [3.8, 4) is 0 Å². The van der Waals surface area contributed by atoms with Crippen LogP contribution in [0.4, 0.5) is 5.13 Å². The Bertz CT molecular complexity index is 1650. The number of amides is 2. The third-order valence-corrected chi connectivity index (χ3v) is 8.71. The van der Waals surface area contributed by atoms with Crippen molar-refractivity contribution in [2.45, 2.75) is 30.8 Å². The van der Waals surface area contributed by atoms with Gasteiger partial charge in [-0.25, -0.2) is 14.2 Å². The Morgan fingerprint density at radius 1 is 1.23 bits per heavy atom. The van der Waals surface area contributed by atoms with E-state index in [1.54, 1.807) is 19.2 Å². The Labute approximate surface area is 225 Å². The number of carbonyl (C=O) groups excluding carboxylic acids is 2. The maximum atomic E-state index is 13.5. The maximum Gasteiger partial charge on any atom is 0.425 e. The number of hydrogen-bond acceptors (Lipinski definition) is 13. The van der Waals surface area contributed by atoms with Gasteiger partial charge in [0, 0.05) is 28.9 Å². The summed E-state index contributed by atoms with van der Waals surface area (Å²) in [5, 5.41) is 38.1. The van der Waals surface area contributed by atoms with Crippen LogP contribution < -0.4 is 15.6 Å². The van der Waals surface area contributed by atoms with Gasteiger partial charge in [0.15, 0.2) is 5.13 Å². The molecule has 0 unspecified atom stereocenters. The molecule has 1 saturated heterocycles. The van der Waals surface area contributed by atoms with Crippen molar-refractivity contribution in [1.82, 2.24) is 34.2 Å². The zero-order chi connectivity index (χ0) is 28.3. The van der Waals surface area contributed by atoms with Crippen LogP contribution in [0.1, 0.15) is 30.3 Å². The molecule has 202 valence electrons. The summed E-state index contributed by atoms with van der Waals surface area (Å²) in [5.74, 6) is -4.71. The van der Waals surface area contributed by atoms with Gasteiger partial charge in [-0.3, -0.25) is 14.5 Å². The van der Waals surface area contributed by atoms with Crippen molar-refractivity contribution in [2.24, 2.45) is 5.16 Å². The molecule has 3 aromatic rings. The third-order valence-electron chi connectivity index (χ3n) is 6.52. The molecule has 5 rings (SSSR count). The van der Waals surface area contributed by atoms with Crippen LogP contribution in [0.25, 0.3) is 5.78 Å². The lowest BCUT2D eigenvalue weighted by Gasteiger charge is -2.63. The summed E-state index contributed by atoms with van der Waals surface area (Å²) >= 11 is 2.00. The number of rotatable bonds is 7. The molecule has 0 aliphatic carbocycles. The number of anilines is 1. The minimum absolute atomic E-state index is 0.0299. The van der Waals surface area contributed by atoms with Crippen molar-refractivity contribution in [1.29, 1.82) is 0 Å². The number of nitrogen functional groups attached to an aromatic ring is 1. The summed E-state index contributed by atoms with van der Waals surface area (Å²) in [5.41, 5.74) is 3.47. The Morgan fingerprint density at radius 2 is 1.97 bits per heavy atom. The van der Waals surface area contributed by atoms with Crippen LogP contribution in [-0.4, -0.2) is 89.9 Å². The van der Waals surface area contributed by atoms with Gasteiger partial charge in [-0.05, 0) is 18.8 Å². The Balaban J connectivity index is 1.47. The highest BCUT2D eigenvalue weighted by atomic mass is 32.2. The predicted octanol–water partition coefficient (Wildman–Crippen LogP) is -1.45. The molecule has 5 heterocycles. The van der Waals surface area contributed by atoms with Crippen molar-refractivity contribution >= 4 is 63.7 Å². The van der Waals surface area contributed by atoms with Gasteiger partial charge in [-0.2, -0.15) is 9.36 Å². The molecule has 0 radical (unpaired) electrons. The number of nitrogens with two attached hydrogens (primary N) is 1. The Hall–Kier alpha value is -4.65. The number of β-lactam (4-membered cyclic amide) rings is 1. The number of oxime groups is 1. The monoisotopic (exact) mass is 575 g/mol. The van der Waals surface area contributed by atoms with E-state index in [0.29, 0.717) is 5.57 Å². The van der Waals surface area contributed by atoms with E-state index in [4.69, 9.17) is 5.73 Å². The fourth-order valence-electron chi connectivity index (χ4n) is 4.43.